The molecule has 0 saturated heterocycles. The van der Waals surface area contributed by atoms with Crippen molar-refractivity contribution in [1.82, 2.24) is 5.32 Å². The van der Waals surface area contributed by atoms with Crippen LogP contribution in [-0.4, -0.2) is 11.4 Å². The standard InChI is InChI=1S/C18H24N2O/c19-17(21)16-4-2-1-3-15(16)11-20-18-8-12-5-13(9-18)7-14(6-12)10-18/h1-4,12-14,20H,5-11H2,(H2,19,21). The third-order valence-electron chi connectivity index (χ3n) is 5.97. The molecule has 112 valence electrons. The quantitative estimate of drug-likeness (QED) is 0.893. The molecule has 4 saturated carbocycles. The van der Waals surface area contributed by atoms with Gasteiger partial charge in [-0.1, -0.05) is 18.2 Å². The Balaban J connectivity index is 1.51. The van der Waals surface area contributed by atoms with Gasteiger partial charge in [-0.05, 0) is 67.9 Å². The topological polar surface area (TPSA) is 55.1 Å². The van der Waals surface area contributed by atoms with Crippen LogP contribution in [0.3, 0.4) is 0 Å². The fourth-order valence-electron chi connectivity index (χ4n) is 5.52. The molecule has 5 rings (SSSR count). The zero-order valence-electron chi connectivity index (χ0n) is 12.5. The molecule has 0 heterocycles. The number of carbonyl (C=O) groups is 1. The number of benzene rings is 1. The lowest BCUT2D eigenvalue weighted by molar-refractivity contribution is -0.0206. The Morgan fingerprint density at radius 2 is 1.67 bits per heavy atom. The molecule has 0 aromatic heterocycles. The fraction of sp³-hybridized carbons (Fsp3) is 0.611. The largest absolute Gasteiger partial charge is 0.366 e. The third kappa shape index (κ3) is 2.38. The Hall–Kier alpha value is -1.35. The SMILES string of the molecule is NC(=O)c1ccccc1CNC12CC3CC(CC(C3)C1)C2. The summed E-state index contributed by atoms with van der Waals surface area (Å²) < 4.78 is 0. The lowest BCUT2D eigenvalue weighted by Crippen LogP contribution is -2.58. The number of hydrogen-bond donors (Lipinski definition) is 2. The normalized spacial score (nSPS) is 36.9. The van der Waals surface area contributed by atoms with E-state index in [4.69, 9.17) is 5.73 Å². The van der Waals surface area contributed by atoms with Crippen LogP contribution in [-0.2, 0) is 6.54 Å². The summed E-state index contributed by atoms with van der Waals surface area (Å²) in [5, 5.41) is 3.83. The molecule has 4 aliphatic rings. The second-order valence-corrected chi connectivity index (χ2v) is 7.57. The molecule has 4 fully saturated rings. The lowest BCUT2D eigenvalue weighted by atomic mass is 9.53. The van der Waals surface area contributed by atoms with Crippen LogP contribution >= 0.6 is 0 Å². The number of nitrogens with one attached hydrogen (secondary N) is 1. The van der Waals surface area contributed by atoms with E-state index in [0.29, 0.717) is 11.1 Å². The molecular formula is C18H24N2O. The monoisotopic (exact) mass is 284 g/mol. The Morgan fingerprint density at radius 3 is 2.24 bits per heavy atom. The van der Waals surface area contributed by atoms with Crippen molar-refractivity contribution in [2.24, 2.45) is 23.5 Å². The average molecular weight is 284 g/mol. The van der Waals surface area contributed by atoms with Crippen molar-refractivity contribution in [2.45, 2.75) is 50.6 Å². The van der Waals surface area contributed by atoms with Gasteiger partial charge in [0.2, 0.25) is 5.91 Å². The second kappa shape index (κ2) is 4.84. The highest BCUT2D eigenvalue weighted by atomic mass is 16.1. The van der Waals surface area contributed by atoms with Crippen LogP contribution in [0.25, 0.3) is 0 Å². The van der Waals surface area contributed by atoms with Crippen molar-refractivity contribution in [3.05, 3.63) is 35.4 Å². The predicted octanol–water partition coefficient (Wildman–Crippen LogP) is 2.84. The van der Waals surface area contributed by atoms with Crippen LogP contribution in [0.15, 0.2) is 24.3 Å². The first-order chi connectivity index (χ1) is 10.1. The smallest absolute Gasteiger partial charge is 0.249 e. The number of amides is 1. The highest BCUT2D eigenvalue weighted by Gasteiger charge is 2.50. The van der Waals surface area contributed by atoms with Crippen LogP contribution in [0.2, 0.25) is 0 Å². The van der Waals surface area contributed by atoms with E-state index < -0.39 is 0 Å². The Bertz CT molecular complexity index is 531. The van der Waals surface area contributed by atoms with Crippen molar-refractivity contribution in [3.63, 3.8) is 0 Å². The summed E-state index contributed by atoms with van der Waals surface area (Å²) in [4.78, 5) is 11.5. The van der Waals surface area contributed by atoms with Crippen molar-refractivity contribution in [3.8, 4) is 0 Å². The van der Waals surface area contributed by atoms with Gasteiger partial charge in [-0.3, -0.25) is 4.79 Å². The van der Waals surface area contributed by atoms with Crippen molar-refractivity contribution < 1.29 is 4.79 Å². The van der Waals surface area contributed by atoms with Crippen LogP contribution in [0.1, 0.15) is 54.4 Å². The van der Waals surface area contributed by atoms with E-state index >= 15 is 0 Å². The minimum Gasteiger partial charge on any atom is -0.366 e. The second-order valence-electron chi connectivity index (χ2n) is 7.57. The number of carbonyl (C=O) groups excluding carboxylic acids is 1. The highest BCUT2D eigenvalue weighted by Crippen LogP contribution is 2.55. The highest BCUT2D eigenvalue weighted by molar-refractivity contribution is 5.94. The molecule has 1 aromatic rings. The van der Waals surface area contributed by atoms with E-state index in [1.165, 1.54) is 38.5 Å². The van der Waals surface area contributed by atoms with Crippen LogP contribution in [0, 0.1) is 17.8 Å². The Labute approximate surface area is 126 Å². The van der Waals surface area contributed by atoms with Crippen molar-refractivity contribution in [2.75, 3.05) is 0 Å². The molecule has 4 aliphatic carbocycles. The fourth-order valence-corrected chi connectivity index (χ4v) is 5.52. The molecule has 0 radical (unpaired) electrons. The summed E-state index contributed by atoms with van der Waals surface area (Å²) in [6.07, 6.45) is 8.36. The van der Waals surface area contributed by atoms with Crippen LogP contribution in [0.5, 0.6) is 0 Å². The maximum absolute atomic E-state index is 11.5. The molecule has 0 spiro atoms. The molecule has 0 atom stereocenters. The van der Waals surface area contributed by atoms with Gasteiger partial charge in [-0.25, -0.2) is 0 Å². The van der Waals surface area contributed by atoms with E-state index in [9.17, 15) is 4.79 Å². The van der Waals surface area contributed by atoms with Crippen molar-refractivity contribution in [1.29, 1.82) is 0 Å². The number of primary amides is 1. The van der Waals surface area contributed by atoms with Crippen LogP contribution < -0.4 is 11.1 Å². The maximum atomic E-state index is 11.5. The average Bonchev–Trinajstić information content (AvgIpc) is 2.44. The van der Waals surface area contributed by atoms with Gasteiger partial charge in [0.15, 0.2) is 0 Å². The van der Waals surface area contributed by atoms with Gasteiger partial charge in [0, 0.05) is 17.6 Å². The minimum atomic E-state index is -0.321. The molecule has 1 amide bonds. The molecule has 4 bridgehead atoms. The van der Waals surface area contributed by atoms with E-state index in [0.717, 1.165) is 29.9 Å². The first-order valence-electron chi connectivity index (χ1n) is 8.26. The molecule has 3 N–H and O–H groups in total. The number of rotatable bonds is 4. The van der Waals surface area contributed by atoms with Crippen molar-refractivity contribution >= 4 is 5.91 Å². The molecule has 3 heteroatoms. The van der Waals surface area contributed by atoms with Gasteiger partial charge >= 0.3 is 0 Å². The summed E-state index contributed by atoms with van der Waals surface area (Å²) in [5.41, 5.74) is 7.52. The van der Waals surface area contributed by atoms with E-state index in [1.54, 1.807) is 0 Å². The van der Waals surface area contributed by atoms with E-state index in [1.807, 2.05) is 24.3 Å². The third-order valence-corrected chi connectivity index (χ3v) is 5.97. The number of hydrogen-bond acceptors (Lipinski definition) is 2. The molecule has 3 nitrogen and oxygen atoms in total. The van der Waals surface area contributed by atoms with Gasteiger partial charge in [-0.2, -0.15) is 0 Å². The molecule has 1 aromatic carbocycles. The van der Waals surface area contributed by atoms with Gasteiger partial charge in [0.25, 0.3) is 0 Å². The minimum absolute atomic E-state index is 0.321. The summed E-state index contributed by atoms with van der Waals surface area (Å²) in [5.74, 6) is 2.50. The Kier molecular flexibility index (Phi) is 3.07. The molecular weight excluding hydrogens is 260 g/mol. The zero-order chi connectivity index (χ0) is 14.4. The first-order valence-corrected chi connectivity index (χ1v) is 8.26. The summed E-state index contributed by atoms with van der Waals surface area (Å²) >= 11 is 0. The zero-order valence-corrected chi connectivity index (χ0v) is 12.5. The maximum Gasteiger partial charge on any atom is 0.249 e. The van der Waals surface area contributed by atoms with E-state index in [-0.39, 0.29) is 5.91 Å². The van der Waals surface area contributed by atoms with Gasteiger partial charge in [0.05, 0.1) is 0 Å². The van der Waals surface area contributed by atoms with Gasteiger partial charge in [-0.15, -0.1) is 0 Å². The summed E-state index contributed by atoms with van der Waals surface area (Å²) in [6, 6.07) is 7.73. The van der Waals surface area contributed by atoms with Crippen LogP contribution in [0.4, 0.5) is 0 Å². The molecule has 21 heavy (non-hydrogen) atoms. The van der Waals surface area contributed by atoms with Gasteiger partial charge in [0.1, 0.15) is 0 Å². The first kappa shape index (κ1) is 13.3. The lowest BCUT2D eigenvalue weighted by Gasteiger charge is -2.57. The number of nitrogens with two attached hydrogens (primary N) is 1. The molecule has 0 unspecified atom stereocenters. The van der Waals surface area contributed by atoms with E-state index in [2.05, 4.69) is 5.32 Å². The molecule has 0 aliphatic heterocycles. The predicted molar refractivity (Wildman–Crippen MR) is 82.7 cm³/mol. The summed E-state index contributed by atoms with van der Waals surface area (Å²) in [6.45, 7) is 0.769. The van der Waals surface area contributed by atoms with Gasteiger partial charge < -0.3 is 11.1 Å². The summed E-state index contributed by atoms with van der Waals surface area (Å²) in [7, 11) is 0. The Morgan fingerprint density at radius 1 is 1.10 bits per heavy atom.